The molecule has 0 aliphatic heterocycles. The Morgan fingerprint density at radius 1 is 1.46 bits per heavy atom. The summed E-state index contributed by atoms with van der Waals surface area (Å²) in [7, 11) is 1.87. The smallest absolute Gasteiger partial charge is 0.243 e. The number of hydrogen-bond donors (Lipinski definition) is 1. The molecule has 0 aromatic carbocycles. The number of hydrogen-bond acceptors (Lipinski definition) is 4. The largest absolute Gasteiger partial charge is 0.378 e. The van der Waals surface area contributed by atoms with Crippen molar-refractivity contribution in [2.75, 3.05) is 13.2 Å². The number of likely N-dealkylation sites (N-methyl/N-ethyl adjacent to an activating group) is 1. The Morgan fingerprint density at radius 2 is 2.08 bits per heavy atom. The zero-order valence-electron chi connectivity index (χ0n) is 15.1. The summed E-state index contributed by atoms with van der Waals surface area (Å²) in [6.07, 6.45) is 4.33. The number of amides is 1. The molecule has 8 heteroatoms. The highest BCUT2D eigenvalue weighted by Crippen LogP contribution is 2.50. The maximum Gasteiger partial charge on any atom is 0.243 e. The van der Waals surface area contributed by atoms with E-state index in [1.54, 1.807) is 15.8 Å². The van der Waals surface area contributed by atoms with Crippen molar-refractivity contribution in [1.82, 2.24) is 14.7 Å². The normalized spacial score (nSPS) is 24.3. The van der Waals surface area contributed by atoms with Crippen LogP contribution in [0.5, 0.6) is 0 Å². The van der Waals surface area contributed by atoms with Gasteiger partial charge in [-0.2, -0.15) is 5.10 Å². The lowest BCUT2D eigenvalue weighted by atomic mass is 9.54. The van der Waals surface area contributed by atoms with Gasteiger partial charge >= 0.3 is 0 Å². The molecule has 1 saturated carbocycles. The lowest BCUT2D eigenvalue weighted by molar-refractivity contribution is -0.179. The lowest BCUT2D eigenvalue weighted by Gasteiger charge is -2.58. The fourth-order valence-corrected chi connectivity index (χ4v) is 3.18. The molecule has 1 aromatic heterocycles. The third-order valence-corrected chi connectivity index (χ3v) is 5.01. The fraction of sp³-hybridized carbons (Fsp3) is 0.750. The molecule has 0 saturated heterocycles. The number of carbonyl (C=O) groups is 1. The third kappa shape index (κ3) is 3.87. The molecular formula is C16H30Cl2N4O2. The van der Waals surface area contributed by atoms with Crippen LogP contribution in [0.3, 0.4) is 0 Å². The number of carbonyl (C=O) groups excluding carboxylic acids is 1. The van der Waals surface area contributed by atoms with E-state index in [1.165, 1.54) is 0 Å². The monoisotopic (exact) mass is 380 g/mol. The first-order chi connectivity index (χ1) is 10.3. The Kier molecular flexibility index (Phi) is 8.23. The second kappa shape index (κ2) is 8.52. The van der Waals surface area contributed by atoms with Crippen LogP contribution in [-0.4, -0.2) is 45.4 Å². The summed E-state index contributed by atoms with van der Waals surface area (Å²) in [5, 5.41) is 4.15. The first-order valence-electron chi connectivity index (χ1n) is 7.93. The highest BCUT2D eigenvalue weighted by molar-refractivity contribution is 5.89. The van der Waals surface area contributed by atoms with Gasteiger partial charge in [-0.15, -0.1) is 24.8 Å². The molecule has 24 heavy (non-hydrogen) atoms. The van der Waals surface area contributed by atoms with Crippen LogP contribution in [0.1, 0.15) is 39.7 Å². The van der Waals surface area contributed by atoms with Crippen molar-refractivity contribution in [3.05, 3.63) is 18.0 Å². The quantitative estimate of drug-likeness (QED) is 0.820. The predicted octanol–water partition coefficient (Wildman–Crippen LogP) is 2.14. The van der Waals surface area contributed by atoms with E-state index in [2.05, 4.69) is 5.10 Å². The Morgan fingerprint density at radius 3 is 2.50 bits per heavy atom. The Labute approximate surface area is 156 Å². The van der Waals surface area contributed by atoms with Gasteiger partial charge in [0.05, 0.1) is 12.3 Å². The lowest BCUT2D eigenvalue weighted by Crippen LogP contribution is -2.76. The van der Waals surface area contributed by atoms with Gasteiger partial charge in [0.1, 0.15) is 5.54 Å². The minimum Gasteiger partial charge on any atom is -0.378 e. The molecule has 1 aliphatic rings. The molecule has 2 unspecified atom stereocenters. The zero-order valence-corrected chi connectivity index (χ0v) is 16.7. The molecule has 2 N–H and O–H groups in total. The SMILES string of the molecule is CCOC1CC(N)(C(=O)N(CC)Cc2cnn(C)c2)C1(C)C.Cl.Cl. The molecule has 2 atom stereocenters. The molecule has 1 aliphatic carbocycles. The van der Waals surface area contributed by atoms with Gasteiger partial charge in [-0.05, 0) is 13.8 Å². The number of aryl methyl sites for hydroxylation is 1. The standard InChI is InChI=1S/C16H28N4O2.2ClH/c1-6-20(11-12-9-18-19(5)10-12)14(21)16(17)8-13(22-7-2)15(16,3)4;;/h9-10,13H,6-8,11,17H2,1-5H3;2*1H. The third-order valence-electron chi connectivity index (χ3n) is 5.01. The summed E-state index contributed by atoms with van der Waals surface area (Å²) in [5.41, 5.74) is 6.29. The minimum atomic E-state index is -0.856. The van der Waals surface area contributed by atoms with E-state index in [4.69, 9.17) is 10.5 Å². The highest BCUT2D eigenvalue weighted by Gasteiger charge is 2.63. The van der Waals surface area contributed by atoms with Crippen LogP contribution in [0.4, 0.5) is 0 Å². The van der Waals surface area contributed by atoms with Crippen LogP contribution in [0, 0.1) is 5.41 Å². The van der Waals surface area contributed by atoms with E-state index in [-0.39, 0.29) is 42.2 Å². The van der Waals surface area contributed by atoms with Gasteiger partial charge in [-0.1, -0.05) is 13.8 Å². The summed E-state index contributed by atoms with van der Waals surface area (Å²) in [6.45, 7) is 9.79. The molecule has 6 nitrogen and oxygen atoms in total. The van der Waals surface area contributed by atoms with Gasteiger partial charge in [0.2, 0.25) is 5.91 Å². The number of aromatic nitrogens is 2. The number of ether oxygens (including phenoxy) is 1. The van der Waals surface area contributed by atoms with Crippen molar-refractivity contribution in [2.24, 2.45) is 18.2 Å². The van der Waals surface area contributed by atoms with E-state index >= 15 is 0 Å². The zero-order chi connectivity index (χ0) is 16.5. The Hall–Kier alpha value is -0.820. The van der Waals surface area contributed by atoms with E-state index < -0.39 is 5.54 Å². The van der Waals surface area contributed by atoms with Gasteiger partial charge in [0.25, 0.3) is 0 Å². The van der Waals surface area contributed by atoms with Crippen molar-refractivity contribution < 1.29 is 9.53 Å². The number of nitrogens with two attached hydrogens (primary N) is 1. The number of rotatable bonds is 6. The molecule has 0 spiro atoms. The van der Waals surface area contributed by atoms with Gasteiger partial charge in [-0.3, -0.25) is 9.48 Å². The van der Waals surface area contributed by atoms with Crippen LogP contribution in [0.2, 0.25) is 0 Å². The van der Waals surface area contributed by atoms with Gasteiger partial charge < -0.3 is 15.4 Å². The van der Waals surface area contributed by atoms with E-state index in [0.29, 0.717) is 26.1 Å². The number of halogens is 2. The highest BCUT2D eigenvalue weighted by atomic mass is 35.5. The Balaban J connectivity index is 0.00000264. The van der Waals surface area contributed by atoms with Gasteiger partial charge in [-0.25, -0.2) is 0 Å². The molecule has 1 amide bonds. The maximum atomic E-state index is 13.0. The average Bonchev–Trinajstić information content (AvgIpc) is 2.88. The van der Waals surface area contributed by atoms with Crippen molar-refractivity contribution in [3.8, 4) is 0 Å². The van der Waals surface area contributed by atoms with Crippen LogP contribution in [0.25, 0.3) is 0 Å². The first-order valence-corrected chi connectivity index (χ1v) is 7.93. The topological polar surface area (TPSA) is 73.4 Å². The second-order valence-electron chi connectivity index (χ2n) is 6.68. The molecule has 2 rings (SSSR count). The molecule has 0 radical (unpaired) electrons. The predicted molar refractivity (Wildman–Crippen MR) is 99.5 cm³/mol. The van der Waals surface area contributed by atoms with Crippen LogP contribution in [0.15, 0.2) is 12.4 Å². The molecular weight excluding hydrogens is 351 g/mol. The summed E-state index contributed by atoms with van der Waals surface area (Å²) >= 11 is 0. The van der Waals surface area contributed by atoms with Crippen molar-refractivity contribution in [2.45, 2.75) is 52.3 Å². The summed E-state index contributed by atoms with van der Waals surface area (Å²) in [4.78, 5) is 14.8. The van der Waals surface area contributed by atoms with Crippen molar-refractivity contribution in [1.29, 1.82) is 0 Å². The summed E-state index contributed by atoms with van der Waals surface area (Å²) in [5.74, 6) is -0.000180. The first kappa shape index (κ1) is 23.2. The summed E-state index contributed by atoms with van der Waals surface area (Å²) < 4.78 is 7.45. The minimum absolute atomic E-state index is 0. The van der Waals surface area contributed by atoms with Crippen molar-refractivity contribution in [3.63, 3.8) is 0 Å². The van der Waals surface area contributed by atoms with Crippen molar-refractivity contribution >= 4 is 30.7 Å². The molecule has 1 heterocycles. The molecule has 140 valence electrons. The van der Waals surface area contributed by atoms with E-state index in [9.17, 15) is 4.79 Å². The van der Waals surface area contributed by atoms with E-state index in [1.807, 2.05) is 40.9 Å². The average molecular weight is 381 g/mol. The van der Waals surface area contributed by atoms with Crippen LogP contribution in [-0.2, 0) is 23.1 Å². The molecule has 0 bridgehead atoms. The molecule has 1 aromatic rings. The number of nitrogens with zero attached hydrogens (tertiary/aromatic N) is 3. The Bertz CT molecular complexity index is 550. The van der Waals surface area contributed by atoms with E-state index in [0.717, 1.165) is 5.56 Å². The second-order valence-corrected chi connectivity index (χ2v) is 6.68. The van der Waals surface area contributed by atoms with Gasteiger partial charge in [0, 0.05) is 50.3 Å². The van der Waals surface area contributed by atoms with Crippen LogP contribution < -0.4 is 5.73 Å². The summed E-state index contributed by atoms with van der Waals surface area (Å²) in [6, 6.07) is 0. The fourth-order valence-electron chi connectivity index (χ4n) is 3.18. The molecule has 1 fully saturated rings. The van der Waals surface area contributed by atoms with Crippen LogP contribution >= 0.6 is 24.8 Å². The maximum absolute atomic E-state index is 13.0. The van der Waals surface area contributed by atoms with Gasteiger partial charge in [0.15, 0.2) is 0 Å².